The van der Waals surface area contributed by atoms with Crippen molar-refractivity contribution in [3.8, 4) is 0 Å². The van der Waals surface area contributed by atoms with Gasteiger partial charge in [0.05, 0.1) is 6.10 Å². The lowest BCUT2D eigenvalue weighted by Gasteiger charge is -2.36. The van der Waals surface area contributed by atoms with Gasteiger partial charge in [0, 0.05) is 6.61 Å². The molecule has 0 aromatic rings. The first-order chi connectivity index (χ1) is 8.54. The van der Waals surface area contributed by atoms with E-state index in [1.54, 1.807) is 0 Å². The summed E-state index contributed by atoms with van der Waals surface area (Å²) in [5, 5.41) is 0. The first kappa shape index (κ1) is 16.0. The molecule has 0 N–H and O–H groups in total. The lowest BCUT2D eigenvalue weighted by Crippen LogP contribution is -2.32. The molecular weight excluding hydrogens is 220 g/mol. The molecule has 0 spiro atoms. The van der Waals surface area contributed by atoms with E-state index in [1.165, 1.54) is 38.5 Å². The van der Waals surface area contributed by atoms with Gasteiger partial charge >= 0.3 is 0 Å². The van der Waals surface area contributed by atoms with Crippen molar-refractivity contribution in [1.29, 1.82) is 0 Å². The highest BCUT2D eigenvalue weighted by Gasteiger charge is 2.30. The molecule has 0 aromatic heterocycles. The van der Waals surface area contributed by atoms with Crippen LogP contribution in [-0.2, 0) is 4.74 Å². The smallest absolute Gasteiger partial charge is 0.0600 e. The van der Waals surface area contributed by atoms with E-state index in [9.17, 15) is 0 Å². The Morgan fingerprint density at radius 2 is 1.83 bits per heavy atom. The highest BCUT2D eigenvalue weighted by molar-refractivity contribution is 4.81. The summed E-state index contributed by atoms with van der Waals surface area (Å²) in [6, 6.07) is 0. The lowest BCUT2D eigenvalue weighted by molar-refractivity contribution is -0.0180. The van der Waals surface area contributed by atoms with Crippen LogP contribution in [0.15, 0.2) is 0 Å². The minimum absolute atomic E-state index is 0.536. The van der Waals surface area contributed by atoms with Crippen molar-refractivity contribution in [1.82, 2.24) is 0 Å². The Balaban J connectivity index is 2.27. The predicted octanol–water partition coefficient (Wildman–Crippen LogP) is 5.29. The first-order valence-electron chi connectivity index (χ1n) is 8.16. The Labute approximate surface area is 115 Å². The van der Waals surface area contributed by atoms with Crippen LogP contribution in [0.3, 0.4) is 0 Å². The van der Waals surface area contributed by atoms with Crippen molar-refractivity contribution >= 4 is 0 Å². The normalized spacial score (nSPS) is 30.7. The van der Waals surface area contributed by atoms with E-state index in [-0.39, 0.29) is 0 Å². The van der Waals surface area contributed by atoms with Gasteiger partial charge in [-0.1, -0.05) is 47.0 Å². The molecule has 0 aromatic carbocycles. The zero-order chi connectivity index (χ0) is 13.5. The highest BCUT2D eigenvalue weighted by Crippen LogP contribution is 2.37. The summed E-state index contributed by atoms with van der Waals surface area (Å²) in [6.45, 7) is 12.5. The van der Waals surface area contributed by atoms with E-state index in [0.717, 1.165) is 30.3 Å². The van der Waals surface area contributed by atoms with Crippen LogP contribution < -0.4 is 0 Å². The summed E-state index contributed by atoms with van der Waals surface area (Å²) in [5.41, 5.74) is 0. The van der Waals surface area contributed by atoms with Crippen LogP contribution in [-0.4, -0.2) is 12.7 Å². The fraction of sp³-hybridized carbons (Fsp3) is 1.00. The van der Waals surface area contributed by atoms with E-state index < -0.39 is 0 Å². The van der Waals surface area contributed by atoms with Crippen LogP contribution in [0.1, 0.15) is 73.1 Å². The van der Waals surface area contributed by atoms with Crippen molar-refractivity contribution in [3.63, 3.8) is 0 Å². The Hall–Kier alpha value is -0.0400. The fourth-order valence-corrected chi connectivity index (χ4v) is 3.47. The van der Waals surface area contributed by atoms with Crippen LogP contribution in [0.4, 0.5) is 0 Å². The second kappa shape index (κ2) is 8.19. The Kier molecular flexibility index (Phi) is 7.29. The van der Waals surface area contributed by atoms with Crippen LogP contribution in [0, 0.1) is 23.7 Å². The summed E-state index contributed by atoms with van der Waals surface area (Å²) in [6.07, 6.45) is 8.83. The molecule has 0 aliphatic heterocycles. The van der Waals surface area contributed by atoms with Crippen molar-refractivity contribution in [2.45, 2.75) is 79.2 Å². The van der Waals surface area contributed by atoms with Gasteiger partial charge in [-0.05, 0) is 49.9 Å². The molecule has 1 saturated carbocycles. The fourth-order valence-electron chi connectivity index (χ4n) is 3.47. The van der Waals surface area contributed by atoms with E-state index in [2.05, 4.69) is 34.6 Å². The van der Waals surface area contributed by atoms with Gasteiger partial charge in [-0.2, -0.15) is 0 Å². The molecule has 4 atom stereocenters. The first-order valence-corrected chi connectivity index (χ1v) is 8.16. The maximum atomic E-state index is 5.84. The van der Waals surface area contributed by atoms with Gasteiger partial charge in [0.15, 0.2) is 0 Å². The molecule has 0 amide bonds. The molecule has 1 aliphatic rings. The Morgan fingerprint density at radius 1 is 1.11 bits per heavy atom. The second-order valence-electron chi connectivity index (χ2n) is 6.85. The molecule has 0 bridgehead atoms. The molecule has 108 valence electrons. The maximum absolute atomic E-state index is 5.84. The molecule has 1 nitrogen and oxygen atoms in total. The zero-order valence-corrected chi connectivity index (χ0v) is 13.2. The summed E-state index contributed by atoms with van der Waals surface area (Å²) in [4.78, 5) is 0. The minimum Gasteiger partial charge on any atom is -0.378 e. The number of hydrogen-bond acceptors (Lipinski definition) is 1. The number of hydrogen-bond donors (Lipinski definition) is 0. The summed E-state index contributed by atoms with van der Waals surface area (Å²) in [7, 11) is 0. The Morgan fingerprint density at radius 3 is 2.39 bits per heavy atom. The van der Waals surface area contributed by atoms with Gasteiger partial charge in [-0.3, -0.25) is 0 Å². The van der Waals surface area contributed by atoms with E-state index in [1.807, 2.05) is 0 Å². The topological polar surface area (TPSA) is 9.23 Å². The average molecular weight is 254 g/mol. The quantitative estimate of drug-likeness (QED) is 0.600. The minimum atomic E-state index is 0.536. The van der Waals surface area contributed by atoms with Gasteiger partial charge in [-0.25, -0.2) is 0 Å². The summed E-state index contributed by atoms with van der Waals surface area (Å²) < 4.78 is 5.84. The number of rotatable bonds is 7. The van der Waals surface area contributed by atoms with Gasteiger partial charge in [-0.15, -0.1) is 0 Å². The predicted molar refractivity (Wildman–Crippen MR) is 79.8 cm³/mol. The third-order valence-electron chi connectivity index (χ3n) is 4.76. The monoisotopic (exact) mass is 254 g/mol. The Bertz CT molecular complexity index is 212. The summed E-state index contributed by atoms with van der Waals surface area (Å²) >= 11 is 0. The van der Waals surface area contributed by atoms with Crippen LogP contribution in [0.5, 0.6) is 0 Å². The van der Waals surface area contributed by atoms with Gasteiger partial charge in [0.2, 0.25) is 0 Å². The molecule has 0 heterocycles. The SMILES string of the molecule is CCOC1CCC(C(C)CCCC(C)C)CC1C. The van der Waals surface area contributed by atoms with Crippen LogP contribution >= 0.6 is 0 Å². The average Bonchev–Trinajstić information content (AvgIpc) is 2.31. The molecule has 0 radical (unpaired) electrons. The molecule has 1 rings (SSSR count). The molecule has 1 fully saturated rings. The van der Waals surface area contributed by atoms with E-state index in [4.69, 9.17) is 4.74 Å². The van der Waals surface area contributed by atoms with Gasteiger partial charge < -0.3 is 4.74 Å². The van der Waals surface area contributed by atoms with Gasteiger partial charge in [0.25, 0.3) is 0 Å². The van der Waals surface area contributed by atoms with Crippen LogP contribution in [0.2, 0.25) is 0 Å². The van der Waals surface area contributed by atoms with Gasteiger partial charge in [0.1, 0.15) is 0 Å². The second-order valence-corrected chi connectivity index (χ2v) is 6.85. The highest BCUT2D eigenvalue weighted by atomic mass is 16.5. The molecule has 1 heteroatoms. The molecule has 18 heavy (non-hydrogen) atoms. The molecule has 0 saturated heterocycles. The summed E-state index contributed by atoms with van der Waals surface area (Å²) in [5.74, 6) is 3.48. The van der Waals surface area contributed by atoms with E-state index in [0.29, 0.717) is 6.10 Å². The van der Waals surface area contributed by atoms with Crippen molar-refractivity contribution < 1.29 is 4.74 Å². The maximum Gasteiger partial charge on any atom is 0.0600 e. The largest absolute Gasteiger partial charge is 0.378 e. The number of ether oxygens (including phenoxy) is 1. The lowest BCUT2D eigenvalue weighted by atomic mass is 9.73. The molecule has 4 unspecified atom stereocenters. The van der Waals surface area contributed by atoms with E-state index >= 15 is 0 Å². The third-order valence-corrected chi connectivity index (χ3v) is 4.76. The standard InChI is InChI=1S/C17H34O/c1-6-18-17-11-10-16(12-15(17)5)14(4)9-7-8-13(2)3/h13-17H,6-12H2,1-5H3. The zero-order valence-electron chi connectivity index (χ0n) is 13.2. The molecular formula is C17H34O. The van der Waals surface area contributed by atoms with Crippen molar-refractivity contribution in [3.05, 3.63) is 0 Å². The molecule has 1 aliphatic carbocycles. The van der Waals surface area contributed by atoms with Crippen molar-refractivity contribution in [2.24, 2.45) is 23.7 Å². The van der Waals surface area contributed by atoms with Crippen LogP contribution in [0.25, 0.3) is 0 Å². The third kappa shape index (κ3) is 5.30. The van der Waals surface area contributed by atoms with Crippen molar-refractivity contribution in [2.75, 3.05) is 6.61 Å².